The van der Waals surface area contributed by atoms with Gasteiger partial charge in [-0.05, 0) is 46.0 Å². The van der Waals surface area contributed by atoms with Gasteiger partial charge in [-0.1, -0.05) is 84.9 Å². The van der Waals surface area contributed by atoms with E-state index in [9.17, 15) is 9.59 Å². The van der Waals surface area contributed by atoms with Crippen LogP contribution in [0.5, 0.6) is 5.75 Å². The van der Waals surface area contributed by atoms with Crippen LogP contribution in [0.4, 0.5) is 0 Å². The Morgan fingerprint density at radius 2 is 1.56 bits per heavy atom. The van der Waals surface area contributed by atoms with E-state index in [0.29, 0.717) is 25.8 Å². The largest absolute Gasteiger partial charge is 0.497 e. The van der Waals surface area contributed by atoms with E-state index in [1.807, 2.05) is 72.8 Å². The lowest BCUT2D eigenvalue weighted by atomic mass is 9.99. The molecule has 0 aliphatic heterocycles. The topological polar surface area (TPSA) is 58.6 Å². The van der Waals surface area contributed by atoms with Gasteiger partial charge in [0.25, 0.3) is 0 Å². The van der Waals surface area contributed by atoms with Gasteiger partial charge in [0.2, 0.25) is 11.8 Å². The molecule has 0 aliphatic carbocycles. The van der Waals surface area contributed by atoms with Crippen LogP contribution in [0.25, 0.3) is 10.8 Å². The van der Waals surface area contributed by atoms with Gasteiger partial charge in [-0.25, -0.2) is 0 Å². The highest BCUT2D eigenvalue weighted by atomic mass is 16.5. The highest BCUT2D eigenvalue weighted by molar-refractivity contribution is 5.89. The summed E-state index contributed by atoms with van der Waals surface area (Å²) in [6, 6.07) is 31.2. The number of hydrogen-bond acceptors (Lipinski definition) is 3. The molecule has 36 heavy (non-hydrogen) atoms. The lowest BCUT2D eigenvalue weighted by Crippen LogP contribution is -2.49. The van der Waals surface area contributed by atoms with E-state index in [0.717, 1.165) is 33.2 Å². The predicted molar refractivity (Wildman–Crippen MR) is 144 cm³/mol. The SMILES string of the molecule is CNC(=O)C(Cc1ccccc1)N(Cc1cccc(OC)c1)C(=O)CCc1cccc2ccccc12. The van der Waals surface area contributed by atoms with Crippen molar-refractivity contribution in [3.63, 3.8) is 0 Å². The van der Waals surface area contributed by atoms with Crippen molar-refractivity contribution in [1.29, 1.82) is 0 Å². The van der Waals surface area contributed by atoms with Gasteiger partial charge in [-0.15, -0.1) is 0 Å². The van der Waals surface area contributed by atoms with Gasteiger partial charge < -0.3 is 15.0 Å². The molecule has 1 atom stereocenters. The van der Waals surface area contributed by atoms with Crippen molar-refractivity contribution in [3.05, 3.63) is 114 Å². The minimum Gasteiger partial charge on any atom is -0.497 e. The number of benzene rings is 4. The number of methoxy groups -OCH3 is 1. The molecule has 2 amide bonds. The van der Waals surface area contributed by atoms with Gasteiger partial charge in [-0.2, -0.15) is 0 Å². The van der Waals surface area contributed by atoms with Gasteiger partial charge in [0.05, 0.1) is 7.11 Å². The average molecular weight is 481 g/mol. The van der Waals surface area contributed by atoms with Crippen molar-refractivity contribution in [2.24, 2.45) is 0 Å². The van der Waals surface area contributed by atoms with Crippen molar-refractivity contribution in [3.8, 4) is 5.75 Å². The first-order chi connectivity index (χ1) is 17.6. The lowest BCUT2D eigenvalue weighted by Gasteiger charge is -2.31. The molecule has 0 radical (unpaired) electrons. The third kappa shape index (κ3) is 6.11. The van der Waals surface area contributed by atoms with E-state index in [1.54, 1.807) is 19.1 Å². The minimum atomic E-state index is -0.636. The van der Waals surface area contributed by atoms with Crippen LogP contribution in [-0.2, 0) is 29.0 Å². The zero-order valence-electron chi connectivity index (χ0n) is 20.8. The fourth-order valence-electron chi connectivity index (χ4n) is 4.58. The molecule has 0 saturated heterocycles. The van der Waals surface area contributed by atoms with Crippen LogP contribution in [0.2, 0.25) is 0 Å². The highest BCUT2D eigenvalue weighted by Crippen LogP contribution is 2.22. The molecule has 184 valence electrons. The number of rotatable bonds is 10. The number of amides is 2. The van der Waals surface area contributed by atoms with E-state index < -0.39 is 6.04 Å². The van der Waals surface area contributed by atoms with Crippen molar-refractivity contribution in [2.45, 2.75) is 31.8 Å². The number of carbonyl (C=O) groups is 2. The summed E-state index contributed by atoms with van der Waals surface area (Å²) >= 11 is 0. The Morgan fingerprint density at radius 1 is 0.861 bits per heavy atom. The Bertz CT molecular complexity index is 1310. The summed E-state index contributed by atoms with van der Waals surface area (Å²) in [6.07, 6.45) is 1.34. The van der Waals surface area contributed by atoms with Crippen molar-refractivity contribution >= 4 is 22.6 Å². The van der Waals surface area contributed by atoms with Crippen molar-refractivity contribution in [1.82, 2.24) is 10.2 Å². The first-order valence-corrected chi connectivity index (χ1v) is 12.2. The third-order valence-electron chi connectivity index (χ3n) is 6.49. The number of fused-ring (bicyclic) bond motifs is 1. The maximum Gasteiger partial charge on any atom is 0.242 e. The summed E-state index contributed by atoms with van der Waals surface area (Å²) in [4.78, 5) is 28.6. The smallest absolute Gasteiger partial charge is 0.242 e. The van der Waals surface area contributed by atoms with E-state index in [1.165, 1.54) is 0 Å². The first kappa shape index (κ1) is 25.0. The molecule has 0 fully saturated rings. The summed E-state index contributed by atoms with van der Waals surface area (Å²) in [5.41, 5.74) is 3.04. The molecule has 4 aromatic carbocycles. The Morgan fingerprint density at radius 3 is 2.33 bits per heavy atom. The zero-order valence-corrected chi connectivity index (χ0v) is 20.8. The molecular formula is C31H32N2O3. The van der Waals surface area contributed by atoms with E-state index in [-0.39, 0.29) is 11.8 Å². The Labute approximate surface area is 212 Å². The van der Waals surface area contributed by atoms with Crippen LogP contribution in [0.3, 0.4) is 0 Å². The number of ether oxygens (including phenoxy) is 1. The molecular weight excluding hydrogens is 448 g/mol. The number of likely N-dealkylation sites (N-methyl/N-ethyl adjacent to an activating group) is 1. The zero-order chi connectivity index (χ0) is 25.3. The van der Waals surface area contributed by atoms with Crippen LogP contribution in [-0.4, -0.2) is 36.9 Å². The summed E-state index contributed by atoms with van der Waals surface area (Å²) in [5.74, 6) is 0.478. The fraction of sp³-hybridized carbons (Fsp3) is 0.226. The second-order valence-corrected chi connectivity index (χ2v) is 8.83. The molecule has 5 nitrogen and oxygen atoms in total. The van der Waals surface area contributed by atoms with Crippen LogP contribution < -0.4 is 10.1 Å². The minimum absolute atomic E-state index is 0.0599. The molecule has 0 aromatic heterocycles. The summed E-state index contributed by atoms with van der Waals surface area (Å²) in [5, 5.41) is 5.08. The maximum absolute atomic E-state index is 13.8. The van der Waals surface area contributed by atoms with Gasteiger partial charge in [0.15, 0.2) is 0 Å². The number of nitrogens with one attached hydrogen (secondary N) is 1. The van der Waals surface area contributed by atoms with Crippen LogP contribution in [0.1, 0.15) is 23.1 Å². The Kier molecular flexibility index (Phi) is 8.35. The maximum atomic E-state index is 13.8. The van der Waals surface area contributed by atoms with Crippen LogP contribution >= 0.6 is 0 Å². The standard InChI is InChI=1S/C31H32N2O3/c1-32-31(35)29(21-23-10-4-3-5-11-23)33(22-24-12-8-16-27(20-24)36-2)30(34)19-18-26-15-9-14-25-13-6-7-17-28(25)26/h3-17,20,29H,18-19,21-22H2,1-2H3,(H,32,35). The number of nitrogens with zero attached hydrogens (tertiary/aromatic N) is 1. The second-order valence-electron chi connectivity index (χ2n) is 8.83. The fourth-order valence-corrected chi connectivity index (χ4v) is 4.58. The molecule has 0 heterocycles. The summed E-state index contributed by atoms with van der Waals surface area (Å²) in [6.45, 7) is 0.316. The average Bonchev–Trinajstić information content (AvgIpc) is 2.93. The van der Waals surface area contributed by atoms with Gasteiger partial charge in [0.1, 0.15) is 11.8 Å². The number of carbonyl (C=O) groups excluding carboxylic acids is 2. The highest BCUT2D eigenvalue weighted by Gasteiger charge is 2.29. The van der Waals surface area contributed by atoms with Gasteiger partial charge in [-0.3, -0.25) is 9.59 Å². The van der Waals surface area contributed by atoms with Crippen molar-refractivity contribution in [2.75, 3.05) is 14.2 Å². The molecule has 0 bridgehead atoms. The molecule has 1 unspecified atom stereocenters. The van der Waals surface area contributed by atoms with E-state index in [4.69, 9.17) is 4.74 Å². The summed E-state index contributed by atoms with van der Waals surface area (Å²) < 4.78 is 5.39. The van der Waals surface area contributed by atoms with Gasteiger partial charge >= 0.3 is 0 Å². The first-order valence-electron chi connectivity index (χ1n) is 12.2. The second kappa shape index (κ2) is 12.0. The molecule has 0 saturated carbocycles. The third-order valence-corrected chi connectivity index (χ3v) is 6.49. The van der Waals surface area contributed by atoms with E-state index >= 15 is 0 Å². The molecule has 4 rings (SSSR count). The Hall–Kier alpha value is -4.12. The number of hydrogen-bond donors (Lipinski definition) is 1. The molecule has 0 aliphatic rings. The number of aryl methyl sites for hydroxylation is 1. The molecule has 0 spiro atoms. The van der Waals surface area contributed by atoms with E-state index in [2.05, 4.69) is 29.6 Å². The Balaban J connectivity index is 1.63. The van der Waals surface area contributed by atoms with Gasteiger partial charge in [0, 0.05) is 26.4 Å². The van der Waals surface area contributed by atoms with Crippen LogP contribution in [0.15, 0.2) is 97.1 Å². The molecule has 1 N–H and O–H groups in total. The van der Waals surface area contributed by atoms with Crippen molar-refractivity contribution < 1.29 is 14.3 Å². The lowest BCUT2D eigenvalue weighted by molar-refractivity contribution is -0.141. The normalized spacial score (nSPS) is 11.6. The molecule has 5 heteroatoms. The summed E-state index contributed by atoms with van der Waals surface area (Å²) in [7, 11) is 3.24. The molecule has 4 aromatic rings. The predicted octanol–water partition coefficient (Wildman–Crippen LogP) is 5.17. The quantitative estimate of drug-likeness (QED) is 0.341. The monoisotopic (exact) mass is 480 g/mol. The van der Waals surface area contributed by atoms with Crippen LogP contribution in [0, 0.1) is 0 Å².